The molecule has 0 aromatic heterocycles. The molecule has 1 N–H and O–H groups in total. The molecule has 0 unspecified atom stereocenters. The average molecular weight is 227 g/mol. The lowest BCUT2D eigenvalue weighted by atomic mass is 10.1. The molecule has 2 aliphatic carbocycles. The largest absolute Gasteiger partial charge is 0.320 e. The standard InChI is InChI=1S/C10H8Cl2N2/c11-9-7-4-3-6(5-1-2-5)8(7)13-10(12)14-9/h3-5H,1-2H2,(H,13,14). The minimum Gasteiger partial charge on any atom is -0.320 e. The molecule has 3 rings (SSSR count). The molecular formula is C10H8Cl2N2. The Morgan fingerprint density at radius 2 is 2.07 bits per heavy atom. The summed E-state index contributed by atoms with van der Waals surface area (Å²) in [6.07, 6.45) is 2.52. The zero-order valence-corrected chi connectivity index (χ0v) is 8.86. The van der Waals surface area contributed by atoms with Gasteiger partial charge in [0, 0.05) is 5.56 Å². The minimum absolute atomic E-state index is 0.357. The van der Waals surface area contributed by atoms with E-state index < -0.39 is 0 Å². The first-order chi connectivity index (χ1) is 6.75. The van der Waals surface area contributed by atoms with Crippen LogP contribution in [0.2, 0.25) is 10.4 Å². The first-order valence-electron chi connectivity index (χ1n) is 4.59. The molecule has 0 bridgehead atoms. The van der Waals surface area contributed by atoms with Crippen molar-refractivity contribution in [3.05, 3.63) is 28.1 Å². The predicted octanol–water partition coefficient (Wildman–Crippen LogP) is 3.70. The van der Waals surface area contributed by atoms with Crippen molar-refractivity contribution in [2.24, 2.45) is 0 Å². The minimum atomic E-state index is 0.357. The summed E-state index contributed by atoms with van der Waals surface area (Å²) in [7, 11) is 0. The molecule has 0 radical (unpaired) electrons. The van der Waals surface area contributed by atoms with Crippen LogP contribution in [0, 0.1) is 0 Å². The van der Waals surface area contributed by atoms with Crippen molar-refractivity contribution in [3.8, 4) is 11.3 Å². The molecule has 0 aromatic rings. The van der Waals surface area contributed by atoms with Crippen LogP contribution in [0.4, 0.5) is 0 Å². The van der Waals surface area contributed by atoms with Gasteiger partial charge in [0.1, 0.15) is 5.15 Å². The summed E-state index contributed by atoms with van der Waals surface area (Å²) in [6, 6.07) is 4.11. The van der Waals surface area contributed by atoms with E-state index in [1.807, 2.05) is 6.07 Å². The molecule has 1 heterocycles. The molecule has 72 valence electrons. The second-order valence-electron chi connectivity index (χ2n) is 3.67. The zero-order chi connectivity index (χ0) is 9.71. The van der Waals surface area contributed by atoms with Gasteiger partial charge in [0.25, 0.3) is 0 Å². The Morgan fingerprint density at radius 3 is 2.79 bits per heavy atom. The van der Waals surface area contributed by atoms with E-state index in [9.17, 15) is 0 Å². The van der Waals surface area contributed by atoms with E-state index in [1.54, 1.807) is 0 Å². The molecule has 4 heteroatoms. The van der Waals surface area contributed by atoms with Gasteiger partial charge in [-0.2, -0.15) is 0 Å². The van der Waals surface area contributed by atoms with E-state index >= 15 is 0 Å². The zero-order valence-electron chi connectivity index (χ0n) is 7.35. The highest BCUT2D eigenvalue weighted by atomic mass is 35.5. The highest BCUT2D eigenvalue weighted by molar-refractivity contribution is 6.34. The fourth-order valence-corrected chi connectivity index (χ4v) is 2.27. The van der Waals surface area contributed by atoms with Crippen molar-refractivity contribution in [1.29, 1.82) is 0 Å². The lowest BCUT2D eigenvalue weighted by Crippen LogP contribution is -1.91. The smallest absolute Gasteiger partial charge is 0.201 e. The quantitative estimate of drug-likeness (QED) is 0.584. The number of rotatable bonds is 1. The molecule has 0 saturated heterocycles. The Labute approximate surface area is 91.6 Å². The second-order valence-corrected chi connectivity index (χ2v) is 4.40. The second kappa shape index (κ2) is 2.88. The molecule has 1 fully saturated rings. The van der Waals surface area contributed by atoms with Crippen molar-refractivity contribution in [2.45, 2.75) is 18.8 Å². The van der Waals surface area contributed by atoms with Crippen LogP contribution in [0.3, 0.4) is 0 Å². The monoisotopic (exact) mass is 226 g/mol. The normalized spacial score (nSPS) is 16.4. The van der Waals surface area contributed by atoms with Gasteiger partial charge < -0.3 is 4.98 Å². The van der Waals surface area contributed by atoms with Gasteiger partial charge in [-0.05, 0) is 42.0 Å². The molecule has 14 heavy (non-hydrogen) atoms. The molecule has 1 aliphatic heterocycles. The summed E-state index contributed by atoms with van der Waals surface area (Å²) in [5.41, 5.74) is 3.22. The van der Waals surface area contributed by atoms with Crippen LogP contribution in [0.5, 0.6) is 0 Å². The summed E-state index contributed by atoms with van der Waals surface area (Å²) in [6.45, 7) is 0. The molecule has 1 saturated carbocycles. The number of H-pyrrole nitrogens is 1. The Bertz CT molecular complexity index is 460. The van der Waals surface area contributed by atoms with Crippen LogP contribution in [0.25, 0.3) is 11.3 Å². The number of nitrogens with zero attached hydrogens (tertiary/aromatic N) is 1. The lowest BCUT2D eigenvalue weighted by Gasteiger charge is -2.04. The Kier molecular flexibility index (Phi) is 1.76. The molecule has 0 aromatic carbocycles. The van der Waals surface area contributed by atoms with Gasteiger partial charge in [0.05, 0.1) is 5.69 Å². The lowest BCUT2D eigenvalue weighted by molar-refractivity contribution is 1.10. The Balaban J connectivity index is 2.24. The first kappa shape index (κ1) is 8.57. The highest BCUT2D eigenvalue weighted by Gasteiger charge is 2.29. The molecule has 3 aliphatic rings. The van der Waals surface area contributed by atoms with Crippen molar-refractivity contribution in [3.63, 3.8) is 0 Å². The van der Waals surface area contributed by atoms with Crippen molar-refractivity contribution < 1.29 is 0 Å². The van der Waals surface area contributed by atoms with Gasteiger partial charge in [-0.3, -0.25) is 0 Å². The van der Waals surface area contributed by atoms with E-state index in [-0.39, 0.29) is 0 Å². The third kappa shape index (κ3) is 1.22. The van der Waals surface area contributed by atoms with Gasteiger partial charge in [-0.25, -0.2) is 4.98 Å². The SMILES string of the molecule is Clc1nc2c(C3CC3)ccc-2c(Cl)[nH]1. The molecule has 2 nitrogen and oxygen atoms in total. The van der Waals surface area contributed by atoms with Crippen molar-refractivity contribution >= 4 is 23.2 Å². The number of hydrogen-bond donors (Lipinski definition) is 1. The maximum atomic E-state index is 6.02. The topological polar surface area (TPSA) is 28.7 Å². The Morgan fingerprint density at radius 1 is 1.29 bits per heavy atom. The average Bonchev–Trinajstić information content (AvgIpc) is 2.87. The first-order valence-corrected chi connectivity index (χ1v) is 5.35. The maximum absolute atomic E-state index is 6.02. The van der Waals surface area contributed by atoms with Crippen LogP contribution in [-0.2, 0) is 0 Å². The third-order valence-corrected chi connectivity index (χ3v) is 3.11. The van der Waals surface area contributed by atoms with Gasteiger partial charge in [-0.1, -0.05) is 17.7 Å². The van der Waals surface area contributed by atoms with E-state index in [1.165, 1.54) is 18.4 Å². The van der Waals surface area contributed by atoms with Crippen LogP contribution >= 0.6 is 23.2 Å². The van der Waals surface area contributed by atoms with E-state index in [4.69, 9.17) is 23.2 Å². The molecule has 0 spiro atoms. The van der Waals surface area contributed by atoms with E-state index in [0.29, 0.717) is 16.4 Å². The van der Waals surface area contributed by atoms with Gasteiger partial charge in [0.15, 0.2) is 0 Å². The van der Waals surface area contributed by atoms with Crippen molar-refractivity contribution in [2.75, 3.05) is 0 Å². The molecular weight excluding hydrogens is 219 g/mol. The van der Waals surface area contributed by atoms with Crippen LogP contribution in [0.1, 0.15) is 24.3 Å². The van der Waals surface area contributed by atoms with Crippen LogP contribution in [0.15, 0.2) is 12.1 Å². The van der Waals surface area contributed by atoms with E-state index in [2.05, 4.69) is 16.0 Å². The van der Waals surface area contributed by atoms with Gasteiger partial charge >= 0.3 is 0 Å². The number of fused-ring (bicyclic) bond motifs is 1. The fourth-order valence-electron chi connectivity index (χ4n) is 1.80. The number of aromatic amines is 1. The highest BCUT2D eigenvalue weighted by Crippen LogP contribution is 2.46. The summed E-state index contributed by atoms with van der Waals surface area (Å²) in [4.78, 5) is 7.09. The predicted molar refractivity (Wildman–Crippen MR) is 57.2 cm³/mol. The van der Waals surface area contributed by atoms with Crippen LogP contribution < -0.4 is 0 Å². The maximum Gasteiger partial charge on any atom is 0.201 e. The number of aromatic nitrogens is 2. The van der Waals surface area contributed by atoms with E-state index in [0.717, 1.165) is 11.3 Å². The molecule has 0 amide bonds. The number of halogens is 2. The number of hydrogen-bond acceptors (Lipinski definition) is 1. The third-order valence-electron chi connectivity index (χ3n) is 2.63. The summed E-state index contributed by atoms with van der Waals surface area (Å²) in [5, 5.41) is 0.933. The van der Waals surface area contributed by atoms with Gasteiger partial charge in [-0.15, -0.1) is 0 Å². The molecule has 0 atom stereocenters. The number of nitrogens with one attached hydrogen (secondary N) is 1. The fraction of sp³-hybridized carbons (Fsp3) is 0.300. The summed E-state index contributed by atoms with van der Waals surface area (Å²) in [5.74, 6) is 0.675. The van der Waals surface area contributed by atoms with Gasteiger partial charge in [0.2, 0.25) is 5.28 Å². The van der Waals surface area contributed by atoms with Crippen LogP contribution in [-0.4, -0.2) is 9.97 Å². The summed E-state index contributed by atoms with van der Waals surface area (Å²) < 4.78 is 0. The Hall–Kier alpha value is -0.730. The summed E-state index contributed by atoms with van der Waals surface area (Å²) >= 11 is 11.8. The van der Waals surface area contributed by atoms with Crippen molar-refractivity contribution in [1.82, 2.24) is 9.97 Å².